The number of aliphatic hydroxyl groups excluding tert-OH is 1. The fraction of sp³-hybridized carbons (Fsp3) is 0.941. The van der Waals surface area contributed by atoms with Crippen LogP contribution < -0.4 is 0 Å². The maximum atomic E-state index is 11.9. The van der Waals surface area contributed by atoms with E-state index in [-0.39, 0.29) is 57.6 Å². The minimum absolute atomic E-state index is 0.0140. The number of aliphatic hydroxyl groups is 1. The summed E-state index contributed by atoms with van der Waals surface area (Å²) >= 11 is 0. The van der Waals surface area contributed by atoms with Crippen molar-refractivity contribution >= 4 is 11.9 Å². The molecule has 0 spiro atoms. The third-order valence-corrected chi connectivity index (χ3v) is 14.5. The van der Waals surface area contributed by atoms with E-state index in [9.17, 15) is 14.7 Å². The van der Waals surface area contributed by atoms with Gasteiger partial charge in [-0.1, -0.05) is 41.5 Å². The third kappa shape index (κ3) is 4.16. The molecule has 1 N–H and O–H groups in total. The van der Waals surface area contributed by atoms with Gasteiger partial charge in [-0.05, 0) is 116 Å². The zero-order chi connectivity index (χ0) is 28.6. The number of fused-ring (bicyclic) bond motifs is 7. The summed E-state index contributed by atoms with van der Waals surface area (Å²) in [5.74, 6) is 2.82. The van der Waals surface area contributed by atoms with Crippen molar-refractivity contribution in [3.63, 3.8) is 0 Å². The summed E-state index contributed by atoms with van der Waals surface area (Å²) in [6, 6.07) is 0. The van der Waals surface area contributed by atoms with Crippen LogP contribution in [-0.2, 0) is 19.1 Å². The number of hydrogen-bond donors (Lipinski definition) is 1. The molecule has 39 heavy (non-hydrogen) atoms. The fourth-order valence-corrected chi connectivity index (χ4v) is 12.4. The standard InChI is InChI=1S/C34H56O5/c1-21(19-35)24-11-16-34(20-38-22(2)36)18-17-32(7)25(29(24)34)9-10-27-31(6)14-13-28(39-23(3)37)30(4,5)26(31)12-15-33(27,32)8/h21,24-29,35H,9-20H2,1-8H3. The molecule has 5 aliphatic rings. The monoisotopic (exact) mass is 544 g/mol. The van der Waals surface area contributed by atoms with Crippen molar-refractivity contribution in [3.8, 4) is 0 Å². The highest BCUT2D eigenvalue weighted by atomic mass is 16.5. The molecule has 0 aliphatic heterocycles. The quantitative estimate of drug-likeness (QED) is 0.371. The van der Waals surface area contributed by atoms with Gasteiger partial charge >= 0.3 is 11.9 Å². The molecule has 0 bridgehead atoms. The Labute approximate surface area is 237 Å². The second kappa shape index (κ2) is 9.73. The summed E-state index contributed by atoms with van der Waals surface area (Å²) in [6.45, 7) is 18.7. The van der Waals surface area contributed by atoms with E-state index in [1.807, 2.05) is 0 Å². The molecule has 0 heterocycles. The van der Waals surface area contributed by atoms with Crippen LogP contribution in [0, 0.1) is 62.6 Å². The topological polar surface area (TPSA) is 72.8 Å². The molecule has 0 aromatic rings. The number of ether oxygens (including phenoxy) is 2. The minimum Gasteiger partial charge on any atom is -0.465 e. The van der Waals surface area contributed by atoms with Crippen LogP contribution in [0.5, 0.6) is 0 Å². The Bertz CT molecular complexity index is 975. The van der Waals surface area contributed by atoms with Gasteiger partial charge in [0.1, 0.15) is 6.10 Å². The summed E-state index contributed by atoms with van der Waals surface area (Å²) in [6.07, 6.45) is 11.7. The smallest absolute Gasteiger partial charge is 0.302 e. The Morgan fingerprint density at radius 1 is 0.821 bits per heavy atom. The van der Waals surface area contributed by atoms with E-state index in [0.29, 0.717) is 36.2 Å². The van der Waals surface area contributed by atoms with E-state index < -0.39 is 0 Å². The first kappa shape index (κ1) is 29.4. The molecule has 11 unspecified atom stereocenters. The number of esters is 2. The van der Waals surface area contributed by atoms with E-state index in [4.69, 9.17) is 9.47 Å². The van der Waals surface area contributed by atoms with Crippen molar-refractivity contribution < 1.29 is 24.2 Å². The van der Waals surface area contributed by atoms with E-state index >= 15 is 0 Å². The molecule has 5 rings (SSSR count). The van der Waals surface area contributed by atoms with Crippen molar-refractivity contribution in [2.24, 2.45) is 62.6 Å². The Balaban J connectivity index is 1.49. The zero-order valence-corrected chi connectivity index (χ0v) is 26.1. The molecule has 11 atom stereocenters. The summed E-state index contributed by atoms with van der Waals surface area (Å²) in [5.41, 5.74) is 0.799. The highest BCUT2D eigenvalue weighted by Crippen LogP contribution is 2.77. The van der Waals surface area contributed by atoms with Gasteiger partial charge in [0, 0.05) is 31.3 Å². The van der Waals surface area contributed by atoms with Gasteiger partial charge in [0.25, 0.3) is 0 Å². The van der Waals surface area contributed by atoms with Crippen LogP contribution in [0.2, 0.25) is 0 Å². The van der Waals surface area contributed by atoms with Crippen molar-refractivity contribution in [3.05, 3.63) is 0 Å². The minimum atomic E-state index is -0.163. The molecule has 0 amide bonds. The van der Waals surface area contributed by atoms with Crippen LogP contribution in [0.1, 0.15) is 120 Å². The molecule has 5 aliphatic carbocycles. The molecule has 0 aromatic heterocycles. The van der Waals surface area contributed by atoms with Crippen molar-refractivity contribution in [1.82, 2.24) is 0 Å². The van der Waals surface area contributed by atoms with Gasteiger partial charge in [-0.2, -0.15) is 0 Å². The average Bonchev–Trinajstić information content (AvgIpc) is 3.24. The van der Waals surface area contributed by atoms with Gasteiger partial charge in [0.2, 0.25) is 0 Å². The van der Waals surface area contributed by atoms with Crippen molar-refractivity contribution in [2.45, 2.75) is 126 Å². The summed E-state index contributed by atoms with van der Waals surface area (Å²) in [5, 5.41) is 10.3. The van der Waals surface area contributed by atoms with Gasteiger partial charge < -0.3 is 14.6 Å². The van der Waals surface area contributed by atoms with Gasteiger partial charge in [-0.25, -0.2) is 0 Å². The lowest BCUT2D eigenvalue weighted by atomic mass is 9.32. The molecule has 5 saturated carbocycles. The lowest BCUT2D eigenvalue weighted by molar-refractivity contribution is -0.253. The van der Waals surface area contributed by atoms with E-state index in [1.54, 1.807) is 13.8 Å². The van der Waals surface area contributed by atoms with Crippen molar-refractivity contribution in [2.75, 3.05) is 13.2 Å². The van der Waals surface area contributed by atoms with E-state index in [2.05, 4.69) is 41.5 Å². The zero-order valence-electron chi connectivity index (χ0n) is 26.1. The van der Waals surface area contributed by atoms with Gasteiger partial charge in [-0.15, -0.1) is 0 Å². The maximum Gasteiger partial charge on any atom is 0.302 e. The predicted molar refractivity (Wildman–Crippen MR) is 153 cm³/mol. The first-order valence-corrected chi connectivity index (χ1v) is 16.1. The highest BCUT2D eigenvalue weighted by Gasteiger charge is 2.71. The highest BCUT2D eigenvalue weighted by molar-refractivity contribution is 5.66. The molecule has 5 fully saturated rings. The van der Waals surface area contributed by atoms with Gasteiger partial charge in [0.05, 0.1) is 6.61 Å². The number of rotatable bonds is 5. The van der Waals surface area contributed by atoms with Crippen LogP contribution in [-0.4, -0.2) is 36.4 Å². The summed E-state index contributed by atoms with van der Waals surface area (Å²) in [4.78, 5) is 23.9. The molecular formula is C34H56O5. The summed E-state index contributed by atoms with van der Waals surface area (Å²) < 4.78 is 11.7. The SMILES string of the molecule is CC(=O)OCC12CCC(C(C)CO)C1C1CCC3C4(C)CCC(OC(C)=O)C(C)(C)C4CCC3(C)C1(C)CC2. The second-order valence-corrected chi connectivity index (χ2v) is 16.2. The second-order valence-electron chi connectivity index (χ2n) is 16.2. The Morgan fingerprint density at radius 3 is 2.18 bits per heavy atom. The first-order valence-electron chi connectivity index (χ1n) is 16.1. The molecule has 0 saturated heterocycles. The van der Waals surface area contributed by atoms with Crippen molar-refractivity contribution in [1.29, 1.82) is 0 Å². The van der Waals surface area contributed by atoms with Crippen LogP contribution >= 0.6 is 0 Å². The van der Waals surface area contributed by atoms with Gasteiger partial charge in [0.15, 0.2) is 0 Å². The van der Waals surface area contributed by atoms with Crippen LogP contribution in [0.15, 0.2) is 0 Å². The number of hydrogen-bond acceptors (Lipinski definition) is 5. The lowest BCUT2D eigenvalue weighted by Gasteiger charge is -2.73. The van der Waals surface area contributed by atoms with Gasteiger partial charge in [-0.3, -0.25) is 9.59 Å². The number of carbonyl (C=O) groups is 2. The maximum absolute atomic E-state index is 11.9. The lowest BCUT2D eigenvalue weighted by Crippen LogP contribution is -2.67. The molecule has 5 heteroatoms. The van der Waals surface area contributed by atoms with E-state index in [0.717, 1.165) is 32.1 Å². The van der Waals surface area contributed by atoms with Crippen LogP contribution in [0.3, 0.4) is 0 Å². The average molecular weight is 545 g/mol. The molecule has 0 aromatic carbocycles. The Morgan fingerprint density at radius 2 is 1.54 bits per heavy atom. The van der Waals surface area contributed by atoms with Crippen LogP contribution in [0.4, 0.5) is 0 Å². The van der Waals surface area contributed by atoms with Crippen LogP contribution in [0.25, 0.3) is 0 Å². The normalized spacial score (nSPS) is 49.1. The molecular weight excluding hydrogens is 488 g/mol. The number of carbonyl (C=O) groups excluding carboxylic acids is 2. The molecule has 5 nitrogen and oxygen atoms in total. The first-order chi connectivity index (χ1) is 18.2. The molecule has 222 valence electrons. The fourth-order valence-electron chi connectivity index (χ4n) is 12.4. The third-order valence-electron chi connectivity index (χ3n) is 14.5. The predicted octanol–water partition coefficient (Wildman–Crippen LogP) is 7.19. The Hall–Kier alpha value is -1.10. The Kier molecular flexibility index (Phi) is 7.34. The van der Waals surface area contributed by atoms with E-state index in [1.165, 1.54) is 32.1 Å². The molecule has 0 radical (unpaired) electrons. The summed E-state index contributed by atoms with van der Waals surface area (Å²) in [7, 11) is 0. The largest absolute Gasteiger partial charge is 0.465 e.